The zero-order chi connectivity index (χ0) is 12.7. The highest BCUT2D eigenvalue weighted by Gasteiger charge is 2.06. The number of thioether (sulfide) groups is 1. The Hall–Kier alpha value is -0.470. The van der Waals surface area contributed by atoms with E-state index in [0.717, 1.165) is 18.6 Å². The summed E-state index contributed by atoms with van der Waals surface area (Å²) in [6.07, 6.45) is 3.47. The molecule has 2 heteroatoms. The van der Waals surface area contributed by atoms with E-state index >= 15 is 0 Å². The summed E-state index contributed by atoms with van der Waals surface area (Å²) < 4.78 is 0. The van der Waals surface area contributed by atoms with Crippen molar-refractivity contribution in [3.63, 3.8) is 0 Å². The molecule has 0 fully saturated rings. The van der Waals surface area contributed by atoms with Crippen LogP contribution in [0, 0.1) is 5.92 Å². The maximum atomic E-state index is 6.04. The molecule has 0 amide bonds. The molecule has 0 aliphatic rings. The van der Waals surface area contributed by atoms with Gasteiger partial charge in [0.2, 0.25) is 0 Å². The van der Waals surface area contributed by atoms with E-state index in [2.05, 4.69) is 45.0 Å². The summed E-state index contributed by atoms with van der Waals surface area (Å²) in [5.74, 6) is 1.74. The Labute approximate surface area is 110 Å². The van der Waals surface area contributed by atoms with E-state index < -0.39 is 0 Å². The molecule has 0 spiro atoms. The van der Waals surface area contributed by atoms with Gasteiger partial charge in [0, 0.05) is 10.9 Å². The second kappa shape index (κ2) is 7.78. The van der Waals surface area contributed by atoms with Crippen molar-refractivity contribution in [3.05, 3.63) is 29.8 Å². The van der Waals surface area contributed by atoms with Gasteiger partial charge in [0.1, 0.15) is 0 Å². The molecule has 0 aliphatic carbocycles. The van der Waals surface area contributed by atoms with Crippen LogP contribution in [0.15, 0.2) is 29.2 Å². The first-order valence-electron chi connectivity index (χ1n) is 6.60. The molecule has 17 heavy (non-hydrogen) atoms. The summed E-state index contributed by atoms with van der Waals surface area (Å²) in [6.45, 7) is 6.58. The lowest BCUT2D eigenvalue weighted by atomic mass is 9.98. The molecule has 96 valence electrons. The fraction of sp³-hybridized carbons (Fsp3) is 0.600. The quantitative estimate of drug-likeness (QED) is 0.738. The van der Waals surface area contributed by atoms with Gasteiger partial charge >= 0.3 is 0 Å². The van der Waals surface area contributed by atoms with Gasteiger partial charge in [-0.2, -0.15) is 0 Å². The van der Waals surface area contributed by atoms with Crippen molar-refractivity contribution < 1.29 is 0 Å². The third kappa shape index (κ3) is 5.60. The molecule has 1 unspecified atom stereocenters. The van der Waals surface area contributed by atoms with Gasteiger partial charge in [-0.15, -0.1) is 11.8 Å². The molecule has 0 heterocycles. The molecule has 0 radical (unpaired) electrons. The number of aryl methyl sites for hydroxylation is 1. The van der Waals surface area contributed by atoms with Crippen LogP contribution in [0.3, 0.4) is 0 Å². The largest absolute Gasteiger partial charge is 0.327 e. The fourth-order valence-corrected chi connectivity index (χ4v) is 2.46. The molecule has 1 nitrogen and oxygen atoms in total. The van der Waals surface area contributed by atoms with Crippen LogP contribution in [0.1, 0.15) is 39.2 Å². The minimum absolute atomic E-state index is 0.352. The highest BCUT2D eigenvalue weighted by atomic mass is 32.2. The summed E-state index contributed by atoms with van der Waals surface area (Å²) >= 11 is 1.90. The summed E-state index contributed by atoms with van der Waals surface area (Å²) in [4.78, 5) is 1.37. The minimum atomic E-state index is 0.352. The van der Waals surface area contributed by atoms with E-state index in [9.17, 15) is 0 Å². The zero-order valence-electron chi connectivity index (χ0n) is 11.3. The second-order valence-corrected chi connectivity index (χ2v) is 6.21. The second-order valence-electron chi connectivity index (χ2n) is 4.88. The highest BCUT2D eigenvalue weighted by molar-refractivity contribution is 7.99. The smallest absolute Gasteiger partial charge is 0.00720 e. The van der Waals surface area contributed by atoms with Gasteiger partial charge in [-0.25, -0.2) is 0 Å². The van der Waals surface area contributed by atoms with Crippen LogP contribution in [0.2, 0.25) is 0 Å². The Kier molecular flexibility index (Phi) is 6.68. The van der Waals surface area contributed by atoms with Crippen LogP contribution in [0.25, 0.3) is 0 Å². The lowest BCUT2D eigenvalue weighted by Crippen LogP contribution is -2.26. The first-order valence-corrected chi connectivity index (χ1v) is 7.59. The van der Waals surface area contributed by atoms with Gasteiger partial charge in [0.05, 0.1) is 0 Å². The van der Waals surface area contributed by atoms with Gasteiger partial charge in [-0.3, -0.25) is 0 Å². The van der Waals surface area contributed by atoms with Crippen LogP contribution < -0.4 is 5.73 Å². The van der Waals surface area contributed by atoms with E-state index in [4.69, 9.17) is 5.73 Å². The molecule has 0 bridgehead atoms. The average molecular weight is 251 g/mol. The predicted octanol–water partition coefficient (Wildman–Crippen LogP) is 4.10. The van der Waals surface area contributed by atoms with Gasteiger partial charge < -0.3 is 5.73 Å². The maximum absolute atomic E-state index is 6.04. The Morgan fingerprint density at radius 1 is 1.18 bits per heavy atom. The normalized spacial score (nSPS) is 13.0. The van der Waals surface area contributed by atoms with E-state index in [0.29, 0.717) is 12.0 Å². The SMILES string of the molecule is CCSc1ccc(CCCC(N)C(C)C)cc1. The molecule has 1 aromatic carbocycles. The highest BCUT2D eigenvalue weighted by Crippen LogP contribution is 2.18. The standard InChI is InChI=1S/C15H25NS/c1-4-17-14-10-8-13(9-11-14)6-5-7-15(16)12(2)3/h8-12,15H,4-7,16H2,1-3H3. The van der Waals surface area contributed by atoms with E-state index in [1.165, 1.54) is 16.9 Å². The van der Waals surface area contributed by atoms with Crippen molar-refractivity contribution in [1.82, 2.24) is 0 Å². The van der Waals surface area contributed by atoms with Crippen molar-refractivity contribution in [2.45, 2.75) is 51.0 Å². The van der Waals surface area contributed by atoms with Crippen LogP contribution in [-0.4, -0.2) is 11.8 Å². The predicted molar refractivity (Wildman–Crippen MR) is 78.6 cm³/mol. The molecule has 1 atom stereocenters. The summed E-state index contributed by atoms with van der Waals surface area (Å²) in [5, 5.41) is 0. The fourth-order valence-electron chi connectivity index (χ4n) is 1.79. The minimum Gasteiger partial charge on any atom is -0.327 e. The van der Waals surface area contributed by atoms with Crippen LogP contribution >= 0.6 is 11.8 Å². The average Bonchev–Trinajstić information content (AvgIpc) is 2.31. The summed E-state index contributed by atoms with van der Waals surface area (Å²) in [6, 6.07) is 9.31. The van der Waals surface area contributed by atoms with Gasteiger partial charge in [0.15, 0.2) is 0 Å². The summed E-state index contributed by atoms with van der Waals surface area (Å²) in [5.41, 5.74) is 7.47. The first-order chi connectivity index (χ1) is 8.13. The van der Waals surface area contributed by atoms with E-state index in [1.807, 2.05) is 11.8 Å². The Balaban J connectivity index is 2.32. The topological polar surface area (TPSA) is 26.0 Å². The number of rotatable bonds is 7. The van der Waals surface area contributed by atoms with E-state index in [1.54, 1.807) is 0 Å². The maximum Gasteiger partial charge on any atom is 0.00720 e. The van der Waals surface area contributed by atoms with Crippen LogP contribution in [0.4, 0.5) is 0 Å². The number of benzene rings is 1. The van der Waals surface area contributed by atoms with Crippen molar-refractivity contribution in [3.8, 4) is 0 Å². The molecule has 2 N–H and O–H groups in total. The molecule has 0 aliphatic heterocycles. The van der Waals surface area contributed by atoms with Gasteiger partial charge in [-0.05, 0) is 48.6 Å². The lowest BCUT2D eigenvalue weighted by Gasteiger charge is -2.15. The Morgan fingerprint density at radius 3 is 2.35 bits per heavy atom. The first kappa shape index (κ1) is 14.6. The monoisotopic (exact) mass is 251 g/mol. The number of nitrogens with two attached hydrogens (primary N) is 1. The lowest BCUT2D eigenvalue weighted by molar-refractivity contribution is 0.452. The Bertz CT molecular complexity index is 305. The van der Waals surface area contributed by atoms with Crippen LogP contribution in [-0.2, 0) is 6.42 Å². The molecule has 0 saturated carbocycles. The van der Waals surface area contributed by atoms with E-state index in [-0.39, 0.29) is 0 Å². The Morgan fingerprint density at radius 2 is 1.82 bits per heavy atom. The molecule has 0 saturated heterocycles. The molecule has 1 rings (SSSR count). The molecular formula is C15H25NS. The molecule has 1 aromatic rings. The van der Waals surface area contributed by atoms with Crippen molar-refractivity contribution in [2.75, 3.05) is 5.75 Å². The van der Waals surface area contributed by atoms with Crippen molar-refractivity contribution >= 4 is 11.8 Å². The third-order valence-corrected chi connectivity index (χ3v) is 3.99. The van der Waals surface area contributed by atoms with Crippen molar-refractivity contribution in [1.29, 1.82) is 0 Å². The summed E-state index contributed by atoms with van der Waals surface area (Å²) in [7, 11) is 0. The molecule has 0 aromatic heterocycles. The zero-order valence-corrected chi connectivity index (χ0v) is 12.1. The van der Waals surface area contributed by atoms with Gasteiger partial charge in [0.25, 0.3) is 0 Å². The number of hydrogen-bond donors (Lipinski definition) is 1. The van der Waals surface area contributed by atoms with Crippen LogP contribution in [0.5, 0.6) is 0 Å². The van der Waals surface area contributed by atoms with Crippen molar-refractivity contribution in [2.24, 2.45) is 11.7 Å². The molecular weight excluding hydrogens is 226 g/mol. The number of hydrogen-bond acceptors (Lipinski definition) is 2. The third-order valence-electron chi connectivity index (χ3n) is 3.09. The van der Waals surface area contributed by atoms with Gasteiger partial charge in [-0.1, -0.05) is 32.9 Å².